The Labute approximate surface area is 97.5 Å². The molecule has 0 heterocycles. The van der Waals surface area contributed by atoms with Crippen molar-refractivity contribution in [1.82, 2.24) is 0 Å². The minimum Gasteiger partial charge on any atom is -0.479 e. The van der Waals surface area contributed by atoms with Gasteiger partial charge in [-0.3, -0.25) is 4.79 Å². The molecule has 86 valence electrons. The summed E-state index contributed by atoms with van der Waals surface area (Å²) in [6.07, 6.45) is -1.50. The number of halogens is 1. The summed E-state index contributed by atoms with van der Waals surface area (Å²) in [6.45, 7) is 1.66. The fraction of sp³-hybridized carbons (Fsp3) is 0.273. The zero-order valence-electron chi connectivity index (χ0n) is 8.61. The molecule has 1 unspecified atom stereocenters. The third-order valence-electron chi connectivity index (χ3n) is 2.16. The Morgan fingerprint density at radius 3 is 2.56 bits per heavy atom. The first-order valence-electron chi connectivity index (χ1n) is 4.71. The van der Waals surface area contributed by atoms with Crippen LogP contribution in [0.2, 0.25) is 5.02 Å². The maximum absolute atomic E-state index is 11.5. The first-order chi connectivity index (χ1) is 7.47. The summed E-state index contributed by atoms with van der Waals surface area (Å²) in [4.78, 5) is 22.2. The van der Waals surface area contributed by atoms with Crippen LogP contribution in [0.25, 0.3) is 0 Å². The molecule has 0 amide bonds. The molecule has 0 spiro atoms. The summed E-state index contributed by atoms with van der Waals surface area (Å²) in [6, 6.07) is 4.21. The van der Waals surface area contributed by atoms with E-state index in [2.05, 4.69) is 0 Å². The number of hydrogen-bond donors (Lipinski definition) is 2. The molecule has 16 heavy (non-hydrogen) atoms. The van der Waals surface area contributed by atoms with Crippen LogP contribution >= 0.6 is 11.6 Å². The third-order valence-corrected chi connectivity index (χ3v) is 2.40. The average Bonchev–Trinajstić information content (AvgIpc) is 2.26. The molecular formula is C11H11ClO4. The molecule has 0 fully saturated rings. The predicted molar refractivity (Wildman–Crippen MR) is 58.7 cm³/mol. The topological polar surface area (TPSA) is 74.6 Å². The van der Waals surface area contributed by atoms with Crippen LogP contribution in [-0.4, -0.2) is 22.0 Å². The van der Waals surface area contributed by atoms with E-state index in [1.807, 2.05) is 0 Å². The number of carbonyl (C=O) groups excluding carboxylic acids is 1. The van der Waals surface area contributed by atoms with Crippen molar-refractivity contribution in [3.63, 3.8) is 0 Å². The Balaban J connectivity index is 3.28. The molecule has 0 aliphatic carbocycles. The van der Waals surface area contributed by atoms with Gasteiger partial charge in [-0.05, 0) is 18.2 Å². The van der Waals surface area contributed by atoms with Gasteiger partial charge in [0.15, 0.2) is 11.9 Å². The molecule has 0 radical (unpaired) electrons. The number of Topliss-reactive ketones (excluding diaryl/α,β-unsaturated/α-hetero) is 1. The van der Waals surface area contributed by atoms with Crippen LogP contribution in [-0.2, 0) is 4.79 Å². The fourth-order valence-corrected chi connectivity index (χ4v) is 1.52. The monoisotopic (exact) mass is 242 g/mol. The van der Waals surface area contributed by atoms with Gasteiger partial charge in [0.25, 0.3) is 0 Å². The van der Waals surface area contributed by atoms with E-state index in [1.165, 1.54) is 18.2 Å². The van der Waals surface area contributed by atoms with Gasteiger partial charge in [-0.2, -0.15) is 0 Å². The lowest BCUT2D eigenvalue weighted by atomic mass is 9.98. The van der Waals surface area contributed by atoms with E-state index >= 15 is 0 Å². The fourth-order valence-electron chi connectivity index (χ4n) is 1.34. The van der Waals surface area contributed by atoms with E-state index in [9.17, 15) is 14.7 Å². The van der Waals surface area contributed by atoms with Crippen molar-refractivity contribution < 1.29 is 19.8 Å². The number of aliphatic hydroxyl groups excluding tert-OH is 1. The van der Waals surface area contributed by atoms with Crippen molar-refractivity contribution >= 4 is 23.4 Å². The largest absolute Gasteiger partial charge is 0.479 e. The highest BCUT2D eigenvalue weighted by Gasteiger charge is 2.22. The van der Waals surface area contributed by atoms with E-state index in [1.54, 1.807) is 6.92 Å². The van der Waals surface area contributed by atoms with E-state index in [0.717, 1.165) is 0 Å². The zero-order chi connectivity index (χ0) is 12.3. The maximum Gasteiger partial charge on any atom is 0.337 e. The van der Waals surface area contributed by atoms with Crippen LogP contribution < -0.4 is 0 Å². The van der Waals surface area contributed by atoms with E-state index in [4.69, 9.17) is 16.7 Å². The summed E-state index contributed by atoms with van der Waals surface area (Å²) >= 11 is 5.70. The second-order valence-electron chi connectivity index (χ2n) is 3.25. The first-order valence-corrected chi connectivity index (χ1v) is 5.08. The smallest absolute Gasteiger partial charge is 0.337 e. The van der Waals surface area contributed by atoms with Crippen LogP contribution in [0.1, 0.15) is 35.4 Å². The molecule has 0 aliphatic heterocycles. The lowest BCUT2D eigenvalue weighted by Crippen LogP contribution is -2.14. The Morgan fingerprint density at radius 1 is 1.44 bits per heavy atom. The number of carboxylic acid groups (broad SMARTS) is 1. The molecule has 0 saturated carbocycles. The third kappa shape index (κ3) is 2.59. The molecule has 0 aromatic heterocycles. The summed E-state index contributed by atoms with van der Waals surface area (Å²) in [5.41, 5.74) is 0.230. The molecule has 1 rings (SSSR count). The summed E-state index contributed by atoms with van der Waals surface area (Å²) in [7, 11) is 0. The van der Waals surface area contributed by atoms with Crippen molar-refractivity contribution in [2.24, 2.45) is 0 Å². The SMILES string of the molecule is CCC(=O)c1ccc(Cl)cc1C(O)C(=O)O. The Kier molecular flexibility index (Phi) is 4.04. The minimum atomic E-state index is -1.73. The average molecular weight is 243 g/mol. The number of hydrogen-bond acceptors (Lipinski definition) is 3. The molecule has 1 aromatic carbocycles. The van der Waals surface area contributed by atoms with Crippen LogP contribution in [0.4, 0.5) is 0 Å². The first kappa shape index (κ1) is 12.7. The molecule has 2 N–H and O–H groups in total. The number of benzene rings is 1. The van der Waals surface area contributed by atoms with Gasteiger partial charge in [0.1, 0.15) is 0 Å². The second-order valence-corrected chi connectivity index (χ2v) is 3.69. The Morgan fingerprint density at radius 2 is 2.06 bits per heavy atom. The molecule has 5 heteroatoms. The summed E-state index contributed by atoms with van der Waals surface area (Å²) in [5.74, 6) is -1.64. The van der Waals surface area contributed by atoms with Gasteiger partial charge in [0.05, 0.1) is 0 Å². The molecule has 0 bridgehead atoms. The molecule has 1 atom stereocenters. The Bertz CT molecular complexity index is 428. The van der Waals surface area contributed by atoms with Gasteiger partial charge >= 0.3 is 5.97 Å². The lowest BCUT2D eigenvalue weighted by Gasteiger charge is -2.11. The van der Waals surface area contributed by atoms with E-state index in [-0.39, 0.29) is 28.4 Å². The second kappa shape index (κ2) is 5.09. The van der Waals surface area contributed by atoms with Crippen LogP contribution in [0.3, 0.4) is 0 Å². The van der Waals surface area contributed by atoms with Crippen LogP contribution in [0.15, 0.2) is 18.2 Å². The van der Waals surface area contributed by atoms with E-state index < -0.39 is 12.1 Å². The number of aliphatic carboxylic acids is 1. The molecular weight excluding hydrogens is 232 g/mol. The number of carboxylic acids is 1. The van der Waals surface area contributed by atoms with Gasteiger partial charge < -0.3 is 10.2 Å². The van der Waals surface area contributed by atoms with Gasteiger partial charge in [-0.1, -0.05) is 18.5 Å². The van der Waals surface area contributed by atoms with Gasteiger partial charge in [-0.15, -0.1) is 0 Å². The van der Waals surface area contributed by atoms with Gasteiger partial charge in [0, 0.05) is 22.6 Å². The van der Waals surface area contributed by atoms with Crippen LogP contribution in [0.5, 0.6) is 0 Å². The van der Waals surface area contributed by atoms with Crippen molar-refractivity contribution in [2.45, 2.75) is 19.4 Å². The quantitative estimate of drug-likeness (QED) is 0.793. The number of aliphatic hydroxyl groups is 1. The number of rotatable bonds is 4. The molecule has 4 nitrogen and oxygen atoms in total. The normalized spacial score (nSPS) is 12.2. The van der Waals surface area contributed by atoms with Gasteiger partial charge in [0.2, 0.25) is 0 Å². The standard InChI is InChI=1S/C11H11ClO4/c1-2-9(13)7-4-3-6(12)5-8(7)10(14)11(15)16/h3-5,10,14H,2H2,1H3,(H,15,16). The lowest BCUT2D eigenvalue weighted by molar-refractivity contribution is -0.146. The van der Waals surface area contributed by atoms with Crippen molar-refractivity contribution in [1.29, 1.82) is 0 Å². The molecule has 0 saturated heterocycles. The summed E-state index contributed by atoms with van der Waals surface area (Å²) < 4.78 is 0. The number of carbonyl (C=O) groups is 2. The maximum atomic E-state index is 11.5. The van der Waals surface area contributed by atoms with Crippen molar-refractivity contribution in [2.75, 3.05) is 0 Å². The minimum absolute atomic E-state index is 0.0341. The van der Waals surface area contributed by atoms with Crippen molar-refractivity contribution in [3.05, 3.63) is 34.3 Å². The van der Waals surface area contributed by atoms with Crippen LogP contribution in [0, 0.1) is 0 Å². The Hall–Kier alpha value is -1.39. The highest BCUT2D eigenvalue weighted by Crippen LogP contribution is 2.23. The van der Waals surface area contributed by atoms with Gasteiger partial charge in [-0.25, -0.2) is 4.79 Å². The number of ketones is 1. The molecule has 0 aliphatic rings. The highest BCUT2D eigenvalue weighted by atomic mass is 35.5. The summed E-state index contributed by atoms with van der Waals surface area (Å²) in [5, 5.41) is 18.4. The highest BCUT2D eigenvalue weighted by molar-refractivity contribution is 6.30. The van der Waals surface area contributed by atoms with Crippen molar-refractivity contribution in [3.8, 4) is 0 Å². The molecule has 1 aromatic rings. The van der Waals surface area contributed by atoms with E-state index in [0.29, 0.717) is 0 Å². The predicted octanol–water partition coefficient (Wildman–Crippen LogP) is 2.05. The zero-order valence-corrected chi connectivity index (χ0v) is 9.36.